The molecular weight excluding hydrogens is 174 g/mol. The maximum absolute atomic E-state index is 11.3. The minimum atomic E-state index is 0.0942. The molecule has 1 aromatic carbocycles. The van der Waals surface area contributed by atoms with Gasteiger partial charge in [-0.15, -0.1) is 0 Å². The summed E-state index contributed by atoms with van der Waals surface area (Å²) >= 11 is 0. The van der Waals surface area contributed by atoms with Crippen LogP contribution in [0.2, 0.25) is 0 Å². The molecule has 0 aliphatic carbocycles. The van der Waals surface area contributed by atoms with Crippen molar-refractivity contribution in [3.63, 3.8) is 0 Å². The molecule has 0 aliphatic heterocycles. The molecule has 1 aromatic rings. The Morgan fingerprint density at radius 1 is 1.21 bits per heavy atom. The van der Waals surface area contributed by atoms with Gasteiger partial charge in [0.2, 0.25) is 5.91 Å². The highest BCUT2D eigenvalue weighted by molar-refractivity contribution is 5.90. The molecule has 1 rings (SSSR count). The molecule has 0 bridgehead atoms. The van der Waals surface area contributed by atoms with E-state index in [0.29, 0.717) is 6.42 Å². The highest BCUT2D eigenvalue weighted by Crippen LogP contribution is 2.10. The molecule has 0 saturated carbocycles. The topological polar surface area (TPSA) is 29.1 Å². The molecule has 0 saturated heterocycles. The van der Waals surface area contributed by atoms with E-state index >= 15 is 0 Å². The summed E-state index contributed by atoms with van der Waals surface area (Å²) in [6, 6.07) is 7.99. The Bertz CT molecular complexity index is 290. The maximum atomic E-state index is 11.3. The molecule has 0 radical (unpaired) electrons. The van der Waals surface area contributed by atoms with Gasteiger partial charge in [-0.3, -0.25) is 4.79 Å². The Morgan fingerprint density at radius 2 is 1.86 bits per heavy atom. The summed E-state index contributed by atoms with van der Waals surface area (Å²) in [6.07, 6.45) is 2.51. The third-order valence-electron chi connectivity index (χ3n) is 2.12. The van der Waals surface area contributed by atoms with Crippen LogP contribution in [0.1, 0.15) is 32.3 Å². The molecule has 76 valence electrons. The molecule has 0 fully saturated rings. The number of anilines is 1. The van der Waals surface area contributed by atoms with Crippen molar-refractivity contribution in [2.24, 2.45) is 0 Å². The third-order valence-corrected chi connectivity index (χ3v) is 2.12. The summed E-state index contributed by atoms with van der Waals surface area (Å²) in [5.74, 6) is 0.0942. The lowest BCUT2D eigenvalue weighted by atomic mass is 10.1. The standard InChI is InChI=1S/C12H17NO/c1-3-5-12(14)13-11-8-6-10(4-2)7-9-11/h6-9H,3-5H2,1-2H3,(H,13,14). The van der Waals surface area contributed by atoms with Gasteiger partial charge in [-0.2, -0.15) is 0 Å². The fourth-order valence-electron chi connectivity index (χ4n) is 1.27. The second-order valence-electron chi connectivity index (χ2n) is 3.35. The lowest BCUT2D eigenvalue weighted by molar-refractivity contribution is -0.116. The van der Waals surface area contributed by atoms with Crippen LogP contribution in [0.25, 0.3) is 0 Å². The number of hydrogen-bond donors (Lipinski definition) is 1. The molecule has 2 heteroatoms. The van der Waals surface area contributed by atoms with E-state index in [1.54, 1.807) is 0 Å². The van der Waals surface area contributed by atoms with E-state index in [0.717, 1.165) is 18.5 Å². The summed E-state index contributed by atoms with van der Waals surface area (Å²) in [7, 11) is 0. The van der Waals surface area contributed by atoms with Gasteiger partial charge in [0.1, 0.15) is 0 Å². The van der Waals surface area contributed by atoms with Gasteiger partial charge >= 0.3 is 0 Å². The van der Waals surface area contributed by atoms with Gasteiger partial charge < -0.3 is 5.32 Å². The molecule has 2 nitrogen and oxygen atoms in total. The molecule has 0 spiro atoms. The molecule has 14 heavy (non-hydrogen) atoms. The largest absolute Gasteiger partial charge is 0.326 e. The highest BCUT2D eigenvalue weighted by Gasteiger charge is 1.99. The molecule has 0 aromatic heterocycles. The average Bonchev–Trinajstić information content (AvgIpc) is 2.19. The van der Waals surface area contributed by atoms with Gasteiger partial charge in [0.05, 0.1) is 0 Å². The van der Waals surface area contributed by atoms with Crippen molar-refractivity contribution >= 4 is 11.6 Å². The molecule has 1 amide bonds. The molecule has 0 unspecified atom stereocenters. The number of aryl methyl sites for hydroxylation is 1. The smallest absolute Gasteiger partial charge is 0.224 e. The average molecular weight is 191 g/mol. The Balaban J connectivity index is 2.55. The first-order valence-electron chi connectivity index (χ1n) is 5.15. The normalized spacial score (nSPS) is 9.86. The number of hydrogen-bond acceptors (Lipinski definition) is 1. The monoisotopic (exact) mass is 191 g/mol. The van der Waals surface area contributed by atoms with Crippen LogP contribution in [0.15, 0.2) is 24.3 Å². The van der Waals surface area contributed by atoms with Crippen LogP contribution >= 0.6 is 0 Å². The predicted octanol–water partition coefficient (Wildman–Crippen LogP) is 2.99. The van der Waals surface area contributed by atoms with Crippen molar-refractivity contribution in [1.29, 1.82) is 0 Å². The SMILES string of the molecule is CCCC(=O)Nc1ccc(CC)cc1. The first kappa shape index (κ1) is 10.8. The van der Waals surface area contributed by atoms with E-state index in [1.165, 1.54) is 5.56 Å². The van der Waals surface area contributed by atoms with E-state index in [1.807, 2.05) is 31.2 Å². The van der Waals surface area contributed by atoms with Crippen molar-refractivity contribution in [2.75, 3.05) is 5.32 Å². The number of carbonyl (C=O) groups excluding carboxylic acids is 1. The van der Waals surface area contributed by atoms with Gasteiger partial charge in [0.15, 0.2) is 0 Å². The Morgan fingerprint density at radius 3 is 2.36 bits per heavy atom. The third kappa shape index (κ3) is 3.21. The van der Waals surface area contributed by atoms with Crippen molar-refractivity contribution in [3.05, 3.63) is 29.8 Å². The molecule has 0 aliphatic rings. The van der Waals surface area contributed by atoms with Crippen molar-refractivity contribution in [1.82, 2.24) is 0 Å². The van der Waals surface area contributed by atoms with Crippen LogP contribution in [-0.2, 0) is 11.2 Å². The lowest BCUT2D eigenvalue weighted by Gasteiger charge is -2.04. The van der Waals surface area contributed by atoms with E-state index < -0.39 is 0 Å². The molecule has 0 atom stereocenters. The fourth-order valence-corrected chi connectivity index (χ4v) is 1.27. The van der Waals surface area contributed by atoms with E-state index in [-0.39, 0.29) is 5.91 Å². The van der Waals surface area contributed by atoms with Crippen LogP contribution in [0.4, 0.5) is 5.69 Å². The Labute approximate surface area is 85.3 Å². The Kier molecular flexibility index (Phi) is 4.17. The fraction of sp³-hybridized carbons (Fsp3) is 0.417. The number of amides is 1. The zero-order valence-electron chi connectivity index (χ0n) is 8.84. The second kappa shape index (κ2) is 5.43. The summed E-state index contributed by atoms with van der Waals surface area (Å²) in [6.45, 7) is 4.12. The number of rotatable bonds is 4. The highest BCUT2D eigenvalue weighted by atomic mass is 16.1. The van der Waals surface area contributed by atoms with E-state index in [4.69, 9.17) is 0 Å². The zero-order chi connectivity index (χ0) is 10.4. The van der Waals surface area contributed by atoms with Gasteiger partial charge in [-0.1, -0.05) is 26.0 Å². The second-order valence-corrected chi connectivity index (χ2v) is 3.35. The van der Waals surface area contributed by atoms with E-state index in [9.17, 15) is 4.79 Å². The summed E-state index contributed by atoms with van der Waals surface area (Å²) in [5, 5.41) is 2.86. The number of benzene rings is 1. The summed E-state index contributed by atoms with van der Waals surface area (Å²) in [5.41, 5.74) is 2.18. The van der Waals surface area contributed by atoms with Crippen LogP contribution in [-0.4, -0.2) is 5.91 Å². The first-order chi connectivity index (χ1) is 6.76. The lowest BCUT2D eigenvalue weighted by Crippen LogP contribution is -2.10. The molecule has 1 N–H and O–H groups in total. The van der Waals surface area contributed by atoms with Crippen molar-refractivity contribution in [3.8, 4) is 0 Å². The maximum Gasteiger partial charge on any atom is 0.224 e. The van der Waals surface area contributed by atoms with Crippen molar-refractivity contribution < 1.29 is 4.79 Å². The molecular formula is C12H17NO. The van der Waals surface area contributed by atoms with Crippen LogP contribution in [0.3, 0.4) is 0 Å². The molecule has 0 heterocycles. The first-order valence-corrected chi connectivity index (χ1v) is 5.15. The van der Waals surface area contributed by atoms with Gasteiger partial charge in [0, 0.05) is 12.1 Å². The van der Waals surface area contributed by atoms with Crippen LogP contribution < -0.4 is 5.32 Å². The number of carbonyl (C=O) groups is 1. The quantitative estimate of drug-likeness (QED) is 0.778. The van der Waals surface area contributed by atoms with Crippen molar-refractivity contribution in [2.45, 2.75) is 33.1 Å². The number of nitrogens with one attached hydrogen (secondary N) is 1. The van der Waals surface area contributed by atoms with Crippen LogP contribution in [0, 0.1) is 0 Å². The van der Waals surface area contributed by atoms with E-state index in [2.05, 4.69) is 12.2 Å². The zero-order valence-corrected chi connectivity index (χ0v) is 8.84. The summed E-state index contributed by atoms with van der Waals surface area (Å²) < 4.78 is 0. The Hall–Kier alpha value is -1.31. The predicted molar refractivity (Wildman–Crippen MR) is 59.4 cm³/mol. The minimum absolute atomic E-state index is 0.0942. The van der Waals surface area contributed by atoms with Gasteiger partial charge in [-0.25, -0.2) is 0 Å². The minimum Gasteiger partial charge on any atom is -0.326 e. The summed E-state index contributed by atoms with van der Waals surface area (Å²) in [4.78, 5) is 11.3. The van der Waals surface area contributed by atoms with Gasteiger partial charge in [-0.05, 0) is 30.5 Å². The van der Waals surface area contributed by atoms with Crippen LogP contribution in [0.5, 0.6) is 0 Å². The van der Waals surface area contributed by atoms with Gasteiger partial charge in [0.25, 0.3) is 0 Å².